The second-order valence-corrected chi connectivity index (χ2v) is 8.16. The molecule has 2 saturated heterocycles. The number of nitrogens with zero attached hydrogens (tertiary/aromatic N) is 6. The number of hydrogen-bond acceptors (Lipinski definition) is 5. The van der Waals surface area contributed by atoms with E-state index in [1.54, 1.807) is 4.68 Å². The summed E-state index contributed by atoms with van der Waals surface area (Å²) in [6, 6.07) is 0.596. The normalized spacial score (nSPS) is 23.4. The number of rotatable bonds is 6. The molecule has 4 rings (SSSR count). The van der Waals surface area contributed by atoms with E-state index in [1.165, 1.54) is 6.42 Å². The molecule has 4 heterocycles. The van der Waals surface area contributed by atoms with Crippen molar-refractivity contribution in [2.24, 2.45) is 4.99 Å². The van der Waals surface area contributed by atoms with E-state index in [2.05, 4.69) is 27.1 Å². The zero-order valence-electron chi connectivity index (χ0n) is 17.7. The summed E-state index contributed by atoms with van der Waals surface area (Å²) < 4.78 is 8.96. The summed E-state index contributed by atoms with van der Waals surface area (Å²) in [5.74, 6) is 1.95. The molecule has 9 heteroatoms. The summed E-state index contributed by atoms with van der Waals surface area (Å²) in [7, 11) is 0. The summed E-state index contributed by atoms with van der Waals surface area (Å²) in [5.41, 5.74) is 0.0449. The maximum atomic E-state index is 12.4. The van der Waals surface area contributed by atoms with Crippen molar-refractivity contribution in [1.82, 2.24) is 29.5 Å². The van der Waals surface area contributed by atoms with Gasteiger partial charge in [0.1, 0.15) is 5.82 Å². The average molecular weight is 406 g/mol. The van der Waals surface area contributed by atoms with Gasteiger partial charge in [-0.25, -0.2) is 9.48 Å². The van der Waals surface area contributed by atoms with Gasteiger partial charge in [0.2, 0.25) is 0 Å². The maximum absolute atomic E-state index is 12.4. The number of ether oxygens (including phenoxy) is 1. The lowest BCUT2D eigenvalue weighted by Crippen LogP contribution is -2.46. The van der Waals surface area contributed by atoms with E-state index in [4.69, 9.17) is 9.73 Å². The van der Waals surface area contributed by atoms with Gasteiger partial charge >= 0.3 is 5.69 Å². The van der Waals surface area contributed by atoms with Crippen molar-refractivity contribution in [2.45, 2.75) is 58.2 Å². The van der Waals surface area contributed by atoms with E-state index in [9.17, 15) is 4.79 Å². The molecule has 0 saturated carbocycles. The third kappa shape index (κ3) is 4.83. The number of guanidine groups is 1. The molecule has 3 aliphatic heterocycles. The Labute approximate surface area is 172 Å². The number of nitrogens with one attached hydrogen (secondary N) is 1. The quantitative estimate of drug-likeness (QED) is 0.412. The van der Waals surface area contributed by atoms with Crippen molar-refractivity contribution >= 4 is 5.96 Å². The van der Waals surface area contributed by atoms with E-state index in [-0.39, 0.29) is 5.69 Å². The third-order valence-corrected chi connectivity index (χ3v) is 6.18. The Morgan fingerprint density at radius 2 is 2.10 bits per heavy atom. The van der Waals surface area contributed by atoms with Crippen LogP contribution < -0.4 is 11.0 Å². The average Bonchev–Trinajstić information content (AvgIpc) is 3.37. The van der Waals surface area contributed by atoms with E-state index < -0.39 is 0 Å². The second-order valence-electron chi connectivity index (χ2n) is 8.16. The standard InChI is InChI=1S/C20H35N7O2/c1-2-21-19(25-11-7-17(16-25)24-12-14-29-15-13-24)22-8-5-10-27-20(28)26-9-4-3-6-18(26)23-27/h17H,2-16H2,1H3,(H,21,22). The summed E-state index contributed by atoms with van der Waals surface area (Å²) in [6.45, 7) is 11.0. The Kier molecular flexibility index (Phi) is 6.86. The molecule has 1 atom stereocenters. The van der Waals surface area contributed by atoms with Crippen LogP contribution in [0.1, 0.15) is 38.4 Å². The number of likely N-dealkylation sites (tertiary alicyclic amines) is 1. The van der Waals surface area contributed by atoms with E-state index in [1.807, 2.05) is 4.57 Å². The number of hydrogen-bond donors (Lipinski definition) is 1. The largest absolute Gasteiger partial charge is 0.379 e. The Morgan fingerprint density at radius 1 is 1.24 bits per heavy atom. The lowest BCUT2D eigenvalue weighted by atomic mass is 10.2. The first-order valence-corrected chi connectivity index (χ1v) is 11.3. The number of morpholine rings is 1. The molecule has 0 amide bonds. The van der Waals surface area contributed by atoms with Crippen molar-refractivity contribution in [1.29, 1.82) is 0 Å². The van der Waals surface area contributed by atoms with Crippen LogP contribution in [-0.4, -0.2) is 88.6 Å². The molecule has 0 spiro atoms. The van der Waals surface area contributed by atoms with Crippen molar-refractivity contribution in [2.75, 3.05) is 52.5 Å². The molecule has 0 aromatic carbocycles. The van der Waals surface area contributed by atoms with Gasteiger partial charge in [-0.3, -0.25) is 14.5 Å². The fourth-order valence-corrected chi connectivity index (χ4v) is 4.60. The third-order valence-electron chi connectivity index (χ3n) is 6.18. The molecular formula is C20H35N7O2. The fourth-order valence-electron chi connectivity index (χ4n) is 4.60. The predicted molar refractivity (Wildman–Crippen MR) is 112 cm³/mol. The fraction of sp³-hybridized carbons (Fsp3) is 0.850. The van der Waals surface area contributed by atoms with Crippen molar-refractivity contribution < 1.29 is 4.74 Å². The van der Waals surface area contributed by atoms with Crippen LogP contribution in [-0.2, 0) is 24.2 Å². The van der Waals surface area contributed by atoms with Crippen molar-refractivity contribution in [3.8, 4) is 0 Å². The highest BCUT2D eigenvalue weighted by Crippen LogP contribution is 2.17. The molecule has 3 aliphatic rings. The number of aliphatic imine (C=N–C) groups is 1. The predicted octanol–water partition coefficient (Wildman–Crippen LogP) is 0.143. The van der Waals surface area contributed by atoms with Gasteiger partial charge in [0.25, 0.3) is 0 Å². The topological polar surface area (TPSA) is 79.9 Å². The first-order chi connectivity index (χ1) is 14.3. The molecule has 0 aliphatic carbocycles. The van der Waals surface area contributed by atoms with Gasteiger partial charge in [-0.15, -0.1) is 0 Å². The first kappa shape index (κ1) is 20.4. The molecule has 0 bridgehead atoms. The molecule has 1 aromatic heterocycles. The molecular weight excluding hydrogens is 370 g/mol. The molecule has 1 N–H and O–H groups in total. The lowest BCUT2D eigenvalue weighted by molar-refractivity contribution is 0.0195. The summed E-state index contributed by atoms with van der Waals surface area (Å²) in [5, 5.41) is 7.96. The second kappa shape index (κ2) is 9.75. The van der Waals surface area contributed by atoms with Crippen molar-refractivity contribution in [3.05, 3.63) is 16.3 Å². The molecule has 0 radical (unpaired) electrons. The minimum absolute atomic E-state index is 0.0449. The highest BCUT2D eigenvalue weighted by atomic mass is 16.5. The van der Waals surface area contributed by atoms with Crippen LogP contribution in [0.4, 0.5) is 0 Å². The monoisotopic (exact) mass is 405 g/mol. The van der Waals surface area contributed by atoms with E-state index in [0.717, 1.165) is 89.9 Å². The number of aryl methyl sites for hydroxylation is 2. The molecule has 1 unspecified atom stereocenters. The highest BCUT2D eigenvalue weighted by Gasteiger charge is 2.30. The van der Waals surface area contributed by atoms with Gasteiger partial charge in [0, 0.05) is 64.8 Å². The zero-order chi connectivity index (χ0) is 20.1. The number of fused-ring (bicyclic) bond motifs is 1. The molecule has 162 valence electrons. The van der Waals surface area contributed by atoms with Gasteiger partial charge in [-0.1, -0.05) is 0 Å². The molecule has 2 fully saturated rings. The SMILES string of the molecule is CCNC(=NCCCn1nc2n(c1=O)CCCC2)N1CCC(N2CCOCC2)C1. The summed E-state index contributed by atoms with van der Waals surface area (Å²) in [4.78, 5) is 22.2. The Bertz CT molecular complexity index is 751. The molecule has 9 nitrogen and oxygen atoms in total. The Balaban J connectivity index is 1.30. The van der Waals surface area contributed by atoms with Crippen LogP contribution in [0.2, 0.25) is 0 Å². The Hall–Kier alpha value is -1.87. The minimum Gasteiger partial charge on any atom is -0.379 e. The van der Waals surface area contributed by atoms with E-state index in [0.29, 0.717) is 19.1 Å². The van der Waals surface area contributed by atoms with Crippen LogP contribution in [0.3, 0.4) is 0 Å². The van der Waals surface area contributed by atoms with Gasteiger partial charge in [0.05, 0.1) is 13.2 Å². The van der Waals surface area contributed by atoms with Gasteiger partial charge in [-0.05, 0) is 32.6 Å². The van der Waals surface area contributed by atoms with E-state index >= 15 is 0 Å². The van der Waals surface area contributed by atoms with Gasteiger partial charge in [0.15, 0.2) is 5.96 Å². The van der Waals surface area contributed by atoms with Crippen LogP contribution in [0.5, 0.6) is 0 Å². The van der Waals surface area contributed by atoms with Crippen molar-refractivity contribution in [3.63, 3.8) is 0 Å². The minimum atomic E-state index is 0.0449. The van der Waals surface area contributed by atoms with Crippen LogP contribution in [0.15, 0.2) is 9.79 Å². The number of aromatic nitrogens is 3. The van der Waals surface area contributed by atoms with Crippen LogP contribution in [0.25, 0.3) is 0 Å². The Morgan fingerprint density at radius 3 is 2.90 bits per heavy atom. The van der Waals surface area contributed by atoms with Crippen LogP contribution in [0, 0.1) is 0 Å². The van der Waals surface area contributed by atoms with Gasteiger partial charge < -0.3 is 15.0 Å². The summed E-state index contributed by atoms with van der Waals surface area (Å²) >= 11 is 0. The highest BCUT2D eigenvalue weighted by molar-refractivity contribution is 5.80. The zero-order valence-corrected chi connectivity index (χ0v) is 17.7. The smallest absolute Gasteiger partial charge is 0.345 e. The van der Waals surface area contributed by atoms with Crippen LogP contribution >= 0.6 is 0 Å². The first-order valence-electron chi connectivity index (χ1n) is 11.3. The maximum Gasteiger partial charge on any atom is 0.345 e. The molecule has 1 aromatic rings. The summed E-state index contributed by atoms with van der Waals surface area (Å²) in [6.07, 6.45) is 5.14. The molecule has 29 heavy (non-hydrogen) atoms. The van der Waals surface area contributed by atoms with Gasteiger partial charge in [-0.2, -0.15) is 5.10 Å². The lowest BCUT2D eigenvalue weighted by Gasteiger charge is -2.32.